The van der Waals surface area contributed by atoms with Crippen LogP contribution >= 0.6 is 0 Å². The van der Waals surface area contributed by atoms with Crippen LogP contribution in [0.4, 0.5) is 0 Å². The van der Waals surface area contributed by atoms with Crippen LogP contribution in [0.15, 0.2) is 120 Å². The van der Waals surface area contributed by atoms with Crippen molar-refractivity contribution < 1.29 is 24.5 Å². The maximum atomic E-state index is 6.40. The number of imidazole rings is 1. The molecule has 0 aliphatic rings. The van der Waals surface area contributed by atoms with Crippen LogP contribution < -0.4 is 4.40 Å². The summed E-state index contributed by atoms with van der Waals surface area (Å²) in [6, 6.07) is 44.6. The van der Waals surface area contributed by atoms with E-state index in [2.05, 4.69) is 168 Å². The van der Waals surface area contributed by atoms with Gasteiger partial charge in [-0.2, -0.15) is 0 Å². The summed E-state index contributed by atoms with van der Waals surface area (Å²) in [5.74, 6) is 9.55. The van der Waals surface area contributed by atoms with Gasteiger partial charge in [0, 0.05) is 31.2 Å². The fourth-order valence-corrected chi connectivity index (χ4v) is 11.8. The second-order valence-electron chi connectivity index (χ2n) is 17.8. The molecule has 0 aliphatic carbocycles. The number of aromatic nitrogens is 3. The monoisotopic (exact) mass is 1020 g/mol. The molecule has 0 amide bonds. The summed E-state index contributed by atoms with van der Waals surface area (Å²) in [6.45, 7) is 18.5. The number of benzene rings is 5. The molecule has 8 aromatic rings. The van der Waals surface area contributed by atoms with Gasteiger partial charge in [-0.25, -0.2) is 0 Å². The molecule has 3 heterocycles. The Kier molecular flexibility index (Phi) is 13.6. The van der Waals surface area contributed by atoms with E-state index in [0.29, 0.717) is 23.2 Å². The zero-order valence-electron chi connectivity index (χ0n) is 36.7. The van der Waals surface area contributed by atoms with Gasteiger partial charge in [0.25, 0.3) is 0 Å². The van der Waals surface area contributed by atoms with Gasteiger partial charge in [0.2, 0.25) is 0 Å². The second-order valence-corrected chi connectivity index (χ2v) is 28.4. The predicted molar refractivity (Wildman–Crippen MR) is 249 cm³/mol. The summed E-state index contributed by atoms with van der Waals surface area (Å²) in [4.78, 5) is 9.96. The minimum Gasteiger partial charge on any atom is 0 e. The van der Waals surface area contributed by atoms with E-state index < -0.39 is 13.3 Å². The van der Waals surface area contributed by atoms with Gasteiger partial charge >= 0.3 is 151 Å². The fourth-order valence-electron chi connectivity index (χ4n) is 8.44. The van der Waals surface area contributed by atoms with Crippen molar-refractivity contribution >= 4 is 50.6 Å². The van der Waals surface area contributed by atoms with E-state index >= 15 is 0 Å². The number of pyridine rings is 1. The zero-order valence-corrected chi connectivity index (χ0v) is 41.2. The van der Waals surface area contributed by atoms with Crippen LogP contribution in [0.2, 0.25) is 17.3 Å². The topological polar surface area (TPSA) is 43.9 Å². The van der Waals surface area contributed by atoms with Crippen LogP contribution in [0.1, 0.15) is 103 Å². The molecule has 1 unspecified atom stereocenters. The van der Waals surface area contributed by atoms with Gasteiger partial charge in [0.15, 0.2) is 0 Å². The van der Waals surface area contributed by atoms with Gasteiger partial charge in [0.1, 0.15) is 5.58 Å². The van der Waals surface area contributed by atoms with Crippen molar-refractivity contribution in [3.05, 3.63) is 144 Å². The van der Waals surface area contributed by atoms with E-state index in [1.165, 1.54) is 35.2 Å². The van der Waals surface area contributed by atoms with Crippen molar-refractivity contribution in [2.45, 2.75) is 103 Å². The molecule has 1 radical (unpaired) electrons. The molecule has 4 nitrogen and oxygen atoms in total. The summed E-state index contributed by atoms with van der Waals surface area (Å²) in [7, 11) is 0. The van der Waals surface area contributed by atoms with Crippen LogP contribution in [0.25, 0.3) is 61.3 Å². The van der Waals surface area contributed by atoms with Crippen molar-refractivity contribution in [3.8, 4) is 28.3 Å². The Morgan fingerprint density at radius 3 is 2.03 bits per heavy atom. The molecule has 0 bridgehead atoms. The number of fused-ring (bicyclic) bond motifs is 4. The maximum Gasteiger partial charge on any atom is 0 e. The smallest absolute Gasteiger partial charge is 0 e. The Balaban J connectivity index is 0.000000208. The summed E-state index contributed by atoms with van der Waals surface area (Å²) in [5.41, 5.74) is 12.5. The minimum atomic E-state index is -1.98. The number of rotatable bonds is 10. The first-order valence-corrected chi connectivity index (χ1v) is 28.5. The van der Waals surface area contributed by atoms with Gasteiger partial charge in [0.05, 0.1) is 22.4 Å². The summed E-state index contributed by atoms with van der Waals surface area (Å²) in [5, 5.41) is 2.20. The Labute approximate surface area is 368 Å². The number of furan rings is 1. The third-order valence-electron chi connectivity index (χ3n) is 12.5. The average molecular weight is 1020 g/mol. The first-order valence-electron chi connectivity index (χ1n) is 21.2. The van der Waals surface area contributed by atoms with E-state index in [4.69, 9.17) is 14.4 Å². The third-order valence-corrected chi connectivity index (χ3v) is 16.8. The number of hydrogen-bond acceptors (Lipinski definition) is 3. The van der Waals surface area contributed by atoms with E-state index in [-0.39, 0.29) is 20.1 Å². The molecule has 6 heteroatoms. The van der Waals surface area contributed by atoms with Gasteiger partial charge in [-0.05, 0) is 41.2 Å². The van der Waals surface area contributed by atoms with Gasteiger partial charge < -0.3 is 8.98 Å². The summed E-state index contributed by atoms with van der Waals surface area (Å²) >= 11 is -1.98. The fraction of sp³-hybridized carbons (Fsp3) is 0.321. The molecule has 3 aromatic heterocycles. The largest absolute Gasteiger partial charge is 0 e. The molecule has 0 aliphatic heterocycles. The Morgan fingerprint density at radius 1 is 0.729 bits per heavy atom. The Morgan fingerprint density at radius 2 is 1.39 bits per heavy atom. The summed E-state index contributed by atoms with van der Waals surface area (Å²) in [6.07, 6.45) is 4.58. The van der Waals surface area contributed by atoms with Crippen molar-refractivity contribution in [2.24, 2.45) is 5.41 Å². The van der Waals surface area contributed by atoms with Crippen molar-refractivity contribution in [2.75, 3.05) is 0 Å². The quantitative estimate of drug-likeness (QED) is 0.101. The minimum absolute atomic E-state index is 0. The van der Waals surface area contributed by atoms with Gasteiger partial charge in [-0.15, -0.1) is 18.2 Å². The third kappa shape index (κ3) is 8.67. The molecule has 0 fully saturated rings. The first-order chi connectivity index (χ1) is 27.8. The molecule has 59 heavy (non-hydrogen) atoms. The average Bonchev–Trinajstić information content (AvgIpc) is 3.81. The predicted octanol–water partition coefficient (Wildman–Crippen LogP) is 14.7. The number of para-hydroxylation sites is 4. The van der Waals surface area contributed by atoms with Crippen molar-refractivity contribution in [1.29, 1.82) is 0 Å². The normalized spacial score (nSPS) is 12.6. The standard InChI is InChI=1S/C31H27N2O.C22H32GeN.Ir/c1-19(2)21-12-9-13-22(20(3)4)29(21)33-27-17-7-6-16-26(27)32-31(33)25-15-10-14-24-23-11-5-8-18-28(23)34-30(24)25;1-8-22(4,9-2)17(3)19-15-21(18-13-11-10-12-14-18)24-16-20(19)23(5,6)7;/h5-14,16-20H,1-4H3;10-13,15-17H,8-9H2,1-7H3;/q2*-1;. The van der Waals surface area contributed by atoms with E-state index in [1.54, 1.807) is 4.40 Å². The maximum absolute atomic E-state index is 6.40. The van der Waals surface area contributed by atoms with Crippen LogP contribution in [0.3, 0.4) is 0 Å². The molecular formula is C53H59GeIrN3O-2. The molecule has 5 aromatic carbocycles. The van der Waals surface area contributed by atoms with Crippen LogP contribution in [-0.4, -0.2) is 27.8 Å². The van der Waals surface area contributed by atoms with E-state index in [0.717, 1.165) is 55.6 Å². The van der Waals surface area contributed by atoms with Gasteiger partial charge in [-0.1, -0.05) is 87.2 Å². The van der Waals surface area contributed by atoms with Crippen LogP contribution in [0, 0.1) is 17.5 Å². The van der Waals surface area contributed by atoms with Gasteiger partial charge in [-0.3, -0.25) is 4.98 Å². The van der Waals surface area contributed by atoms with Crippen molar-refractivity contribution in [3.63, 3.8) is 0 Å². The van der Waals surface area contributed by atoms with E-state index in [9.17, 15) is 0 Å². The first kappa shape index (κ1) is 44.3. The molecule has 1 atom stereocenters. The summed E-state index contributed by atoms with van der Waals surface area (Å²) < 4.78 is 10.3. The molecule has 0 saturated heterocycles. The molecular weight excluding hydrogens is 959 g/mol. The molecule has 0 saturated carbocycles. The zero-order chi connectivity index (χ0) is 41.4. The molecule has 8 rings (SSSR count). The Hall–Kier alpha value is -4.29. The number of nitrogens with zero attached hydrogens (tertiary/aromatic N) is 3. The Bertz CT molecular complexity index is 2650. The molecule has 0 N–H and O–H groups in total. The SMILES string of the molecule is CC(C)c1cccc(C(C)C)c1-n1c(-c2[c-]ccc3c2oc2ccccc23)nc2ccccc21.CCC(C)(CC)C(C)c1cc(-c2[c-]cccc2)nc[c]1[Ge]([CH3])([CH3])[CH3].[Ir]. The van der Waals surface area contributed by atoms with Crippen LogP contribution in [0.5, 0.6) is 0 Å². The second kappa shape index (κ2) is 18.1. The van der Waals surface area contributed by atoms with E-state index in [1.807, 2.05) is 36.4 Å². The van der Waals surface area contributed by atoms with Crippen molar-refractivity contribution in [1.82, 2.24) is 14.5 Å². The molecule has 0 spiro atoms. The number of hydrogen-bond donors (Lipinski definition) is 0. The van der Waals surface area contributed by atoms with Crippen LogP contribution in [-0.2, 0) is 20.1 Å². The molecule has 307 valence electrons.